The van der Waals surface area contributed by atoms with Gasteiger partial charge in [-0.15, -0.1) is 0 Å². The summed E-state index contributed by atoms with van der Waals surface area (Å²) >= 11 is 0. The molecule has 0 aliphatic heterocycles. The second-order valence-corrected chi connectivity index (χ2v) is 3.12. The topological polar surface area (TPSA) is 68.4 Å². The van der Waals surface area contributed by atoms with Crippen molar-refractivity contribution in [2.45, 2.75) is 25.5 Å². The number of ether oxygens (including phenoxy) is 1. The van der Waals surface area contributed by atoms with E-state index >= 15 is 0 Å². The van der Waals surface area contributed by atoms with Crippen molar-refractivity contribution in [1.29, 1.82) is 0 Å². The zero-order chi connectivity index (χ0) is 10.6. The number of hydrogen-bond donors (Lipinski definition) is 2. The summed E-state index contributed by atoms with van der Waals surface area (Å²) in [4.78, 5) is 4.11. The van der Waals surface area contributed by atoms with Crippen molar-refractivity contribution in [2.24, 2.45) is 5.73 Å². The van der Waals surface area contributed by atoms with E-state index in [1.165, 1.54) is 7.11 Å². The van der Waals surface area contributed by atoms with Gasteiger partial charge in [0.2, 0.25) is 5.88 Å². The van der Waals surface area contributed by atoms with Crippen molar-refractivity contribution in [3.05, 3.63) is 23.9 Å². The lowest BCUT2D eigenvalue weighted by Gasteiger charge is -2.16. The molecule has 1 aromatic rings. The van der Waals surface area contributed by atoms with Crippen LogP contribution in [0.15, 0.2) is 18.2 Å². The van der Waals surface area contributed by atoms with Crippen LogP contribution >= 0.6 is 0 Å². The van der Waals surface area contributed by atoms with E-state index in [4.69, 9.17) is 10.5 Å². The highest BCUT2D eigenvalue weighted by molar-refractivity contribution is 5.18. The highest BCUT2D eigenvalue weighted by Gasteiger charge is 2.16. The van der Waals surface area contributed by atoms with Crippen LogP contribution in [0.1, 0.15) is 25.1 Å². The summed E-state index contributed by atoms with van der Waals surface area (Å²) in [5, 5.41) is 9.77. The number of rotatable bonds is 4. The van der Waals surface area contributed by atoms with Gasteiger partial charge in [0.25, 0.3) is 0 Å². The molecule has 0 saturated carbocycles. The maximum atomic E-state index is 9.77. The van der Waals surface area contributed by atoms with Crippen molar-refractivity contribution in [3.63, 3.8) is 0 Å². The molecule has 1 heterocycles. The lowest BCUT2D eigenvalue weighted by molar-refractivity contribution is 0.139. The predicted molar refractivity (Wildman–Crippen MR) is 54.0 cm³/mol. The van der Waals surface area contributed by atoms with Gasteiger partial charge in [-0.1, -0.05) is 13.0 Å². The van der Waals surface area contributed by atoms with E-state index in [1.54, 1.807) is 18.2 Å². The molecule has 0 aliphatic carbocycles. The van der Waals surface area contributed by atoms with Crippen LogP contribution in [-0.2, 0) is 0 Å². The zero-order valence-electron chi connectivity index (χ0n) is 8.47. The summed E-state index contributed by atoms with van der Waals surface area (Å²) in [6.45, 7) is 1.92. The minimum atomic E-state index is -0.727. The number of hydrogen-bond acceptors (Lipinski definition) is 4. The van der Waals surface area contributed by atoms with Crippen molar-refractivity contribution in [1.82, 2.24) is 4.98 Å². The van der Waals surface area contributed by atoms with Crippen LogP contribution in [0, 0.1) is 0 Å². The molecule has 0 saturated heterocycles. The Hall–Kier alpha value is -1.13. The summed E-state index contributed by atoms with van der Waals surface area (Å²) in [5.41, 5.74) is 6.26. The normalized spacial score (nSPS) is 14.9. The summed E-state index contributed by atoms with van der Waals surface area (Å²) in [5.74, 6) is 0.491. The Morgan fingerprint density at radius 3 is 2.86 bits per heavy atom. The smallest absolute Gasteiger partial charge is 0.213 e. The van der Waals surface area contributed by atoms with Gasteiger partial charge in [-0.2, -0.15) is 0 Å². The van der Waals surface area contributed by atoms with Crippen LogP contribution in [-0.4, -0.2) is 23.2 Å². The number of methoxy groups -OCH3 is 1. The highest BCUT2D eigenvalue weighted by Crippen LogP contribution is 2.17. The number of aliphatic hydroxyl groups excluding tert-OH is 1. The van der Waals surface area contributed by atoms with Crippen molar-refractivity contribution in [2.75, 3.05) is 7.11 Å². The molecule has 2 atom stereocenters. The van der Waals surface area contributed by atoms with E-state index < -0.39 is 6.10 Å². The van der Waals surface area contributed by atoms with Gasteiger partial charge >= 0.3 is 0 Å². The molecule has 78 valence electrons. The highest BCUT2D eigenvalue weighted by atomic mass is 16.5. The third-order valence-electron chi connectivity index (χ3n) is 2.13. The summed E-state index contributed by atoms with van der Waals surface area (Å²) in [6.07, 6.45) is -0.0184. The van der Waals surface area contributed by atoms with Gasteiger partial charge in [-0.25, -0.2) is 4.98 Å². The molecule has 0 fully saturated rings. The predicted octanol–water partition coefficient (Wildman–Crippen LogP) is 0.861. The summed E-state index contributed by atoms with van der Waals surface area (Å²) < 4.78 is 4.96. The molecule has 4 nitrogen and oxygen atoms in total. The Morgan fingerprint density at radius 1 is 1.57 bits per heavy atom. The van der Waals surface area contributed by atoms with Crippen molar-refractivity contribution in [3.8, 4) is 5.88 Å². The maximum absolute atomic E-state index is 9.77. The first kappa shape index (κ1) is 10.9. The molecule has 4 heteroatoms. The standard InChI is InChI=1S/C10H16N2O2/c1-3-7(11)10(13)8-5-4-6-9(12-8)14-2/h4-7,10,13H,3,11H2,1-2H3. The summed E-state index contributed by atoms with van der Waals surface area (Å²) in [6, 6.07) is 4.97. The second-order valence-electron chi connectivity index (χ2n) is 3.12. The molecule has 2 unspecified atom stereocenters. The van der Waals surface area contributed by atoms with Crippen LogP contribution in [0.3, 0.4) is 0 Å². The molecule has 1 aromatic heterocycles. The van der Waals surface area contributed by atoms with Gasteiger partial charge in [-0.3, -0.25) is 0 Å². The van der Waals surface area contributed by atoms with E-state index in [-0.39, 0.29) is 6.04 Å². The van der Waals surface area contributed by atoms with E-state index in [2.05, 4.69) is 4.98 Å². The van der Waals surface area contributed by atoms with E-state index in [1.807, 2.05) is 6.92 Å². The fourth-order valence-electron chi connectivity index (χ4n) is 1.15. The lowest BCUT2D eigenvalue weighted by atomic mass is 10.1. The third-order valence-corrected chi connectivity index (χ3v) is 2.13. The third kappa shape index (κ3) is 2.43. The van der Waals surface area contributed by atoms with E-state index in [0.717, 1.165) is 0 Å². The first-order chi connectivity index (χ1) is 6.69. The van der Waals surface area contributed by atoms with Crippen LogP contribution in [0.4, 0.5) is 0 Å². The molecule has 0 spiro atoms. The minimum absolute atomic E-state index is 0.283. The number of pyridine rings is 1. The minimum Gasteiger partial charge on any atom is -0.481 e. The van der Waals surface area contributed by atoms with Crippen molar-refractivity contribution < 1.29 is 9.84 Å². The van der Waals surface area contributed by atoms with Gasteiger partial charge in [0, 0.05) is 12.1 Å². The molecular formula is C10H16N2O2. The van der Waals surface area contributed by atoms with Crippen LogP contribution in [0.2, 0.25) is 0 Å². The molecule has 0 aromatic carbocycles. The number of nitrogens with zero attached hydrogens (tertiary/aromatic N) is 1. The Balaban J connectivity index is 2.83. The van der Waals surface area contributed by atoms with Crippen LogP contribution < -0.4 is 10.5 Å². The van der Waals surface area contributed by atoms with Gasteiger partial charge in [0.15, 0.2) is 0 Å². The van der Waals surface area contributed by atoms with Gasteiger partial charge < -0.3 is 15.6 Å². The lowest BCUT2D eigenvalue weighted by Crippen LogP contribution is -2.27. The van der Waals surface area contributed by atoms with Gasteiger partial charge in [0.05, 0.1) is 12.8 Å². The number of aliphatic hydroxyl groups is 1. The first-order valence-corrected chi connectivity index (χ1v) is 4.63. The monoisotopic (exact) mass is 196 g/mol. The Bertz CT molecular complexity index is 291. The van der Waals surface area contributed by atoms with E-state index in [0.29, 0.717) is 18.0 Å². The fourth-order valence-corrected chi connectivity index (χ4v) is 1.15. The average molecular weight is 196 g/mol. The summed E-state index contributed by atoms with van der Waals surface area (Å²) in [7, 11) is 1.54. The van der Waals surface area contributed by atoms with Gasteiger partial charge in [0.1, 0.15) is 6.10 Å². The molecule has 3 N–H and O–H groups in total. The SMILES string of the molecule is CCC(N)C(O)c1cccc(OC)n1. The molecule has 0 bridgehead atoms. The maximum Gasteiger partial charge on any atom is 0.213 e. The largest absolute Gasteiger partial charge is 0.481 e. The Kier molecular flexibility index (Phi) is 3.85. The quantitative estimate of drug-likeness (QED) is 0.749. The molecule has 14 heavy (non-hydrogen) atoms. The molecule has 0 amide bonds. The Morgan fingerprint density at radius 2 is 2.29 bits per heavy atom. The van der Waals surface area contributed by atoms with Gasteiger partial charge in [-0.05, 0) is 12.5 Å². The zero-order valence-corrected chi connectivity index (χ0v) is 8.47. The first-order valence-electron chi connectivity index (χ1n) is 4.63. The average Bonchev–Trinajstić information content (AvgIpc) is 2.27. The van der Waals surface area contributed by atoms with Crippen molar-refractivity contribution >= 4 is 0 Å². The second kappa shape index (κ2) is 4.93. The molecule has 0 radical (unpaired) electrons. The molecule has 1 rings (SSSR count). The molecular weight excluding hydrogens is 180 g/mol. The number of aromatic nitrogens is 1. The van der Waals surface area contributed by atoms with Crippen LogP contribution in [0.25, 0.3) is 0 Å². The number of nitrogens with two attached hydrogens (primary N) is 1. The fraction of sp³-hybridized carbons (Fsp3) is 0.500. The van der Waals surface area contributed by atoms with E-state index in [9.17, 15) is 5.11 Å². The molecule has 0 aliphatic rings. The van der Waals surface area contributed by atoms with Crippen LogP contribution in [0.5, 0.6) is 5.88 Å². The Labute approximate surface area is 83.7 Å².